The van der Waals surface area contributed by atoms with Gasteiger partial charge in [-0.1, -0.05) is 25.3 Å². The molecule has 0 aromatic heterocycles. The van der Waals surface area contributed by atoms with Gasteiger partial charge in [-0.15, -0.1) is 0 Å². The molecule has 1 saturated carbocycles. The van der Waals surface area contributed by atoms with Crippen LogP contribution in [0.5, 0.6) is 5.75 Å². The van der Waals surface area contributed by atoms with Gasteiger partial charge in [-0.25, -0.2) is 0 Å². The van der Waals surface area contributed by atoms with Crippen LogP contribution in [0, 0.1) is 5.92 Å². The van der Waals surface area contributed by atoms with Crippen molar-refractivity contribution in [2.24, 2.45) is 5.92 Å². The summed E-state index contributed by atoms with van der Waals surface area (Å²) < 4.78 is 5.79. The number of fused-ring (bicyclic) bond motifs is 1. The molecule has 2 aliphatic rings. The summed E-state index contributed by atoms with van der Waals surface area (Å²) in [5, 5.41) is 6.49. The van der Waals surface area contributed by atoms with Crippen LogP contribution in [0.1, 0.15) is 46.0 Å². The summed E-state index contributed by atoms with van der Waals surface area (Å²) in [5.41, 5.74) is 1.76. The van der Waals surface area contributed by atoms with Crippen LogP contribution in [-0.4, -0.2) is 18.1 Å². The van der Waals surface area contributed by atoms with Gasteiger partial charge in [0, 0.05) is 0 Å². The molecular weight excluding hydrogens is 264 g/mol. The number of benzene rings is 1. The summed E-state index contributed by atoms with van der Waals surface area (Å²) in [6.07, 6.45) is 6.14. The van der Waals surface area contributed by atoms with E-state index in [4.69, 9.17) is 4.74 Å². The lowest BCUT2D eigenvalue weighted by atomic mass is 9.82. The molecule has 1 unspecified atom stereocenters. The lowest BCUT2D eigenvalue weighted by molar-refractivity contribution is -0.118. The van der Waals surface area contributed by atoms with E-state index in [1.807, 2.05) is 32.0 Å². The summed E-state index contributed by atoms with van der Waals surface area (Å²) in [7, 11) is 0. The van der Waals surface area contributed by atoms with Crippen molar-refractivity contribution >= 4 is 17.3 Å². The van der Waals surface area contributed by atoms with Gasteiger partial charge in [0.05, 0.1) is 11.8 Å². The predicted molar refractivity (Wildman–Crippen MR) is 84.8 cm³/mol. The first-order chi connectivity index (χ1) is 10.1. The maximum absolute atomic E-state index is 12.5. The van der Waals surface area contributed by atoms with E-state index in [0.29, 0.717) is 5.92 Å². The number of anilines is 2. The van der Waals surface area contributed by atoms with Crippen LogP contribution in [0.2, 0.25) is 0 Å². The number of carbonyl (C=O) groups excluding carboxylic acids is 1. The van der Waals surface area contributed by atoms with Gasteiger partial charge in [0.1, 0.15) is 17.5 Å². The number of rotatable bonds is 3. The van der Waals surface area contributed by atoms with Crippen molar-refractivity contribution in [1.29, 1.82) is 0 Å². The number of hydrogen-bond donors (Lipinski definition) is 2. The number of nitrogens with one attached hydrogen (secondary N) is 2. The summed E-state index contributed by atoms with van der Waals surface area (Å²) in [6, 6.07) is 5.78. The second-order valence-electron chi connectivity index (χ2n) is 6.35. The summed E-state index contributed by atoms with van der Waals surface area (Å²) in [6.45, 7) is 3.98. The van der Waals surface area contributed by atoms with Crippen molar-refractivity contribution in [1.82, 2.24) is 0 Å². The van der Waals surface area contributed by atoms with Crippen LogP contribution in [0.4, 0.5) is 11.4 Å². The third-order valence-corrected chi connectivity index (χ3v) is 4.35. The van der Waals surface area contributed by atoms with E-state index in [1.54, 1.807) is 0 Å². The Hall–Kier alpha value is -1.71. The van der Waals surface area contributed by atoms with Crippen LogP contribution >= 0.6 is 0 Å². The second kappa shape index (κ2) is 5.96. The largest absolute Gasteiger partial charge is 0.489 e. The summed E-state index contributed by atoms with van der Waals surface area (Å²) in [4.78, 5) is 12.5. The molecule has 1 atom stereocenters. The second-order valence-corrected chi connectivity index (χ2v) is 6.35. The Morgan fingerprint density at radius 3 is 2.67 bits per heavy atom. The third kappa shape index (κ3) is 2.99. The molecule has 1 aromatic rings. The molecule has 0 saturated heterocycles. The molecule has 4 heteroatoms. The van der Waals surface area contributed by atoms with E-state index in [9.17, 15) is 4.79 Å². The molecular formula is C17H24N2O2. The van der Waals surface area contributed by atoms with Gasteiger partial charge in [-0.05, 0) is 44.7 Å². The zero-order valence-electron chi connectivity index (χ0n) is 12.8. The normalized spacial score (nSPS) is 22.4. The highest BCUT2D eigenvalue weighted by Crippen LogP contribution is 2.39. The SMILES string of the molecule is CC(C)Oc1cccc2c1NC(=O)C(C1CCCCC1)N2. The number of carbonyl (C=O) groups is 1. The Bertz CT molecular complexity index is 522. The predicted octanol–water partition coefficient (Wildman–Crippen LogP) is 3.79. The molecule has 1 fully saturated rings. The van der Waals surface area contributed by atoms with E-state index < -0.39 is 0 Å². The third-order valence-electron chi connectivity index (χ3n) is 4.35. The zero-order valence-corrected chi connectivity index (χ0v) is 12.8. The van der Waals surface area contributed by atoms with Crippen LogP contribution in [-0.2, 0) is 4.79 Å². The van der Waals surface area contributed by atoms with Gasteiger partial charge in [0.15, 0.2) is 0 Å². The highest BCUT2D eigenvalue weighted by atomic mass is 16.5. The van der Waals surface area contributed by atoms with Gasteiger partial charge < -0.3 is 15.4 Å². The maximum Gasteiger partial charge on any atom is 0.247 e. The monoisotopic (exact) mass is 288 g/mol. The number of hydrogen-bond acceptors (Lipinski definition) is 3. The first-order valence-corrected chi connectivity index (χ1v) is 8.02. The molecule has 2 N–H and O–H groups in total. The zero-order chi connectivity index (χ0) is 14.8. The van der Waals surface area contributed by atoms with Crippen LogP contribution in [0.25, 0.3) is 0 Å². The van der Waals surface area contributed by atoms with Crippen molar-refractivity contribution in [3.8, 4) is 5.75 Å². The fraction of sp³-hybridized carbons (Fsp3) is 0.588. The first kappa shape index (κ1) is 14.2. The van der Waals surface area contributed by atoms with Crippen LogP contribution < -0.4 is 15.4 Å². The Morgan fingerprint density at radius 2 is 1.95 bits per heavy atom. The topological polar surface area (TPSA) is 50.4 Å². The van der Waals surface area contributed by atoms with Crippen LogP contribution in [0.3, 0.4) is 0 Å². The molecule has 3 rings (SSSR count). The summed E-state index contributed by atoms with van der Waals surface area (Å²) in [5.74, 6) is 1.27. The fourth-order valence-electron chi connectivity index (χ4n) is 3.37. The molecule has 0 spiro atoms. The standard InChI is InChI=1S/C17H24N2O2/c1-11(2)21-14-10-6-9-13-16(14)19-17(20)15(18-13)12-7-4-3-5-8-12/h6,9-12,15,18H,3-5,7-8H2,1-2H3,(H,19,20). The molecule has 114 valence electrons. The van der Waals surface area contributed by atoms with Gasteiger partial charge in [-0.3, -0.25) is 4.79 Å². The van der Waals surface area contributed by atoms with Crippen molar-refractivity contribution in [2.45, 2.75) is 58.1 Å². The van der Waals surface area contributed by atoms with Crippen molar-refractivity contribution < 1.29 is 9.53 Å². The quantitative estimate of drug-likeness (QED) is 0.889. The lowest BCUT2D eigenvalue weighted by Gasteiger charge is -2.35. The molecule has 0 radical (unpaired) electrons. The molecule has 1 aromatic carbocycles. The van der Waals surface area contributed by atoms with Gasteiger partial charge in [0.25, 0.3) is 0 Å². The van der Waals surface area contributed by atoms with E-state index in [1.165, 1.54) is 19.3 Å². The lowest BCUT2D eigenvalue weighted by Crippen LogP contribution is -2.44. The van der Waals surface area contributed by atoms with E-state index in [-0.39, 0.29) is 18.1 Å². The fourth-order valence-corrected chi connectivity index (χ4v) is 3.37. The van der Waals surface area contributed by atoms with Crippen LogP contribution in [0.15, 0.2) is 18.2 Å². The molecule has 4 nitrogen and oxygen atoms in total. The number of para-hydroxylation sites is 1. The van der Waals surface area contributed by atoms with Crippen molar-refractivity contribution in [3.05, 3.63) is 18.2 Å². The molecule has 1 aliphatic heterocycles. The smallest absolute Gasteiger partial charge is 0.247 e. The minimum absolute atomic E-state index is 0.0780. The summed E-state index contributed by atoms with van der Waals surface area (Å²) >= 11 is 0. The maximum atomic E-state index is 12.5. The molecule has 21 heavy (non-hydrogen) atoms. The number of amides is 1. The van der Waals surface area contributed by atoms with Gasteiger partial charge in [-0.2, -0.15) is 0 Å². The van der Waals surface area contributed by atoms with E-state index in [0.717, 1.165) is 30.0 Å². The minimum Gasteiger partial charge on any atom is -0.489 e. The Labute approximate surface area is 126 Å². The average Bonchev–Trinajstić information content (AvgIpc) is 2.48. The van der Waals surface area contributed by atoms with Gasteiger partial charge in [0.2, 0.25) is 5.91 Å². The first-order valence-electron chi connectivity index (χ1n) is 8.02. The Morgan fingerprint density at radius 1 is 1.19 bits per heavy atom. The molecule has 1 aliphatic carbocycles. The minimum atomic E-state index is -0.105. The van der Waals surface area contributed by atoms with Crippen molar-refractivity contribution in [2.75, 3.05) is 10.6 Å². The van der Waals surface area contributed by atoms with Gasteiger partial charge >= 0.3 is 0 Å². The Balaban J connectivity index is 1.83. The highest BCUT2D eigenvalue weighted by molar-refractivity contribution is 6.04. The molecule has 0 bridgehead atoms. The molecule has 1 amide bonds. The van der Waals surface area contributed by atoms with E-state index in [2.05, 4.69) is 10.6 Å². The molecule has 1 heterocycles. The highest BCUT2D eigenvalue weighted by Gasteiger charge is 2.34. The number of ether oxygens (including phenoxy) is 1. The van der Waals surface area contributed by atoms with Crippen molar-refractivity contribution in [3.63, 3.8) is 0 Å². The Kier molecular flexibility index (Phi) is 4.04. The van der Waals surface area contributed by atoms with E-state index >= 15 is 0 Å². The average molecular weight is 288 g/mol.